The van der Waals surface area contributed by atoms with E-state index < -0.39 is 0 Å². The summed E-state index contributed by atoms with van der Waals surface area (Å²) in [5.41, 5.74) is 4.05. The van der Waals surface area contributed by atoms with E-state index in [4.69, 9.17) is 0 Å². The fourth-order valence-corrected chi connectivity index (χ4v) is 3.80. The zero-order valence-electron chi connectivity index (χ0n) is 16.7. The van der Waals surface area contributed by atoms with Crippen molar-refractivity contribution in [2.75, 3.05) is 11.9 Å². The van der Waals surface area contributed by atoms with Crippen LogP contribution >= 0.6 is 11.3 Å². The topological polar surface area (TPSA) is 66.9 Å². The second kappa shape index (κ2) is 9.95. The minimum Gasteiger partial charge on any atom is -0.369 e. The predicted octanol–water partition coefficient (Wildman–Crippen LogP) is 4.93. The summed E-state index contributed by atoms with van der Waals surface area (Å²) in [4.78, 5) is 21.6. The number of anilines is 1. The molecule has 2 N–H and O–H groups in total. The van der Waals surface area contributed by atoms with Gasteiger partial charge in [-0.2, -0.15) is 11.3 Å². The third-order valence-electron chi connectivity index (χ3n) is 4.73. The van der Waals surface area contributed by atoms with Crippen molar-refractivity contribution in [1.82, 2.24) is 15.3 Å². The normalized spacial score (nSPS) is 10.6. The molecule has 0 atom stereocenters. The molecule has 0 spiro atoms. The zero-order valence-corrected chi connectivity index (χ0v) is 17.5. The van der Waals surface area contributed by atoms with Crippen LogP contribution in [0.15, 0.2) is 77.8 Å². The van der Waals surface area contributed by atoms with Crippen molar-refractivity contribution in [3.63, 3.8) is 0 Å². The van der Waals surface area contributed by atoms with Crippen molar-refractivity contribution in [3.8, 4) is 11.3 Å². The molecule has 0 aliphatic rings. The standard InChI is InChI=1S/C24H21FN4OS/c25-20-5-1-3-17(13-20)8-11-27-23-21(6-7-22(29-23)19-9-12-31-16-19)24(30)28-15-18-4-2-10-26-14-18/h1-7,9-10,12-14,16H,8,11,15H2,(H,27,29)(H,28,30). The van der Waals surface area contributed by atoms with E-state index in [1.165, 1.54) is 12.1 Å². The number of nitrogens with one attached hydrogen (secondary N) is 2. The highest BCUT2D eigenvalue weighted by atomic mass is 32.1. The Hall–Kier alpha value is -3.58. The lowest BCUT2D eigenvalue weighted by molar-refractivity contribution is 0.0951. The van der Waals surface area contributed by atoms with Crippen LogP contribution in [0, 0.1) is 5.82 Å². The molecule has 5 nitrogen and oxygen atoms in total. The summed E-state index contributed by atoms with van der Waals surface area (Å²) in [7, 11) is 0. The molecule has 1 aromatic carbocycles. The van der Waals surface area contributed by atoms with Crippen LogP contribution in [0.2, 0.25) is 0 Å². The molecule has 31 heavy (non-hydrogen) atoms. The monoisotopic (exact) mass is 432 g/mol. The first-order valence-corrected chi connectivity index (χ1v) is 10.8. The summed E-state index contributed by atoms with van der Waals surface area (Å²) >= 11 is 1.59. The van der Waals surface area contributed by atoms with Crippen LogP contribution in [0.1, 0.15) is 21.5 Å². The van der Waals surface area contributed by atoms with Gasteiger partial charge >= 0.3 is 0 Å². The van der Waals surface area contributed by atoms with Crippen molar-refractivity contribution in [1.29, 1.82) is 0 Å². The summed E-state index contributed by atoms with van der Waals surface area (Å²) in [5, 5.41) is 10.2. The molecule has 0 aliphatic heterocycles. The second-order valence-corrected chi connectivity index (χ2v) is 7.74. The Bertz CT molecular complexity index is 1150. The van der Waals surface area contributed by atoms with Crippen molar-refractivity contribution in [3.05, 3.63) is 100 Å². The number of nitrogens with zero attached hydrogens (tertiary/aromatic N) is 2. The summed E-state index contributed by atoms with van der Waals surface area (Å²) in [6.45, 7) is 0.897. The molecule has 0 bridgehead atoms. The van der Waals surface area contributed by atoms with Crippen molar-refractivity contribution in [2.24, 2.45) is 0 Å². The van der Waals surface area contributed by atoms with E-state index in [1.54, 1.807) is 35.9 Å². The average Bonchev–Trinajstić information content (AvgIpc) is 3.33. The smallest absolute Gasteiger partial charge is 0.255 e. The van der Waals surface area contributed by atoms with Gasteiger partial charge < -0.3 is 10.6 Å². The molecule has 0 radical (unpaired) electrons. The van der Waals surface area contributed by atoms with Gasteiger partial charge in [0.1, 0.15) is 11.6 Å². The Balaban J connectivity index is 1.51. The van der Waals surface area contributed by atoms with E-state index in [9.17, 15) is 9.18 Å². The highest BCUT2D eigenvalue weighted by Crippen LogP contribution is 2.24. The third kappa shape index (κ3) is 5.52. The van der Waals surface area contributed by atoms with Gasteiger partial charge in [-0.25, -0.2) is 9.37 Å². The maximum Gasteiger partial charge on any atom is 0.255 e. The quantitative estimate of drug-likeness (QED) is 0.414. The molecule has 1 amide bonds. The number of amides is 1. The lowest BCUT2D eigenvalue weighted by atomic mass is 10.1. The first-order valence-electron chi connectivity index (χ1n) is 9.88. The first kappa shape index (κ1) is 20.7. The lowest BCUT2D eigenvalue weighted by Gasteiger charge is -2.13. The number of carbonyl (C=O) groups excluding carboxylic acids is 1. The summed E-state index contributed by atoms with van der Waals surface area (Å²) in [6, 6.07) is 15.9. The van der Waals surface area contributed by atoms with Gasteiger partial charge in [0.2, 0.25) is 0 Å². The number of aromatic nitrogens is 2. The average molecular weight is 433 g/mol. The first-order chi connectivity index (χ1) is 15.2. The number of thiophene rings is 1. The number of carbonyl (C=O) groups is 1. The number of pyridine rings is 2. The minimum atomic E-state index is -0.259. The van der Waals surface area contributed by atoms with Gasteiger partial charge in [-0.1, -0.05) is 18.2 Å². The molecule has 0 saturated carbocycles. The van der Waals surface area contributed by atoms with Crippen molar-refractivity contribution < 1.29 is 9.18 Å². The zero-order chi connectivity index (χ0) is 21.5. The van der Waals surface area contributed by atoms with E-state index in [1.807, 2.05) is 41.1 Å². The van der Waals surface area contributed by atoms with E-state index in [-0.39, 0.29) is 11.7 Å². The van der Waals surface area contributed by atoms with Crippen LogP contribution in [0.25, 0.3) is 11.3 Å². The summed E-state index contributed by atoms with van der Waals surface area (Å²) in [5.74, 6) is 0.0239. The van der Waals surface area contributed by atoms with Crippen LogP contribution in [0.3, 0.4) is 0 Å². The molecule has 7 heteroatoms. The molecular formula is C24H21FN4OS. The third-order valence-corrected chi connectivity index (χ3v) is 5.41. The molecule has 0 aliphatic carbocycles. The Morgan fingerprint density at radius 2 is 1.97 bits per heavy atom. The Kier molecular flexibility index (Phi) is 6.64. The molecular weight excluding hydrogens is 411 g/mol. The maximum atomic E-state index is 13.4. The van der Waals surface area contributed by atoms with Gasteiger partial charge in [0, 0.05) is 36.4 Å². The van der Waals surface area contributed by atoms with Gasteiger partial charge in [-0.15, -0.1) is 0 Å². The fraction of sp³-hybridized carbons (Fsp3) is 0.125. The molecule has 0 fully saturated rings. The highest BCUT2D eigenvalue weighted by molar-refractivity contribution is 7.08. The number of benzene rings is 1. The van der Waals surface area contributed by atoms with Gasteiger partial charge in [-0.3, -0.25) is 9.78 Å². The van der Waals surface area contributed by atoms with Crippen LogP contribution < -0.4 is 10.6 Å². The van der Waals surface area contributed by atoms with Crippen LogP contribution in [0.5, 0.6) is 0 Å². The minimum absolute atomic E-state index is 0.221. The second-order valence-electron chi connectivity index (χ2n) is 6.96. The van der Waals surface area contributed by atoms with Crippen LogP contribution in [0.4, 0.5) is 10.2 Å². The van der Waals surface area contributed by atoms with E-state index in [2.05, 4.69) is 20.6 Å². The lowest BCUT2D eigenvalue weighted by Crippen LogP contribution is -2.24. The van der Waals surface area contributed by atoms with Gasteiger partial charge in [0.05, 0.1) is 11.3 Å². The van der Waals surface area contributed by atoms with E-state index >= 15 is 0 Å². The maximum absolute atomic E-state index is 13.4. The number of hydrogen-bond donors (Lipinski definition) is 2. The summed E-state index contributed by atoms with van der Waals surface area (Å²) in [6.07, 6.45) is 4.02. The molecule has 3 aromatic heterocycles. The van der Waals surface area contributed by atoms with Crippen LogP contribution in [-0.2, 0) is 13.0 Å². The molecule has 4 rings (SSSR count). The molecule has 4 aromatic rings. The fourth-order valence-electron chi connectivity index (χ4n) is 3.15. The Morgan fingerprint density at radius 1 is 1.06 bits per heavy atom. The van der Waals surface area contributed by atoms with Crippen molar-refractivity contribution >= 4 is 23.1 Å². The Morgan fingerprint density at radius 3 is 2.74 bits per heavy atom. The molecule has 3 heterocycles. The predicted molar refractivity (Wildman–Crippen MR) is 122 cm³/mol. The van der Waals surface area contributed by atoms with E-state index in [0.29, 0.717) is 30.9 Å². The molecule has 0 unspecified atom stereocenters. The van der Waals surface area contributed by atoms with Crippen molar-refractivity contribution in [2.45, 2.75) is 13.0 Å². The Labute approximate surface area is 184 Å². The number of halogens is 1. The SMILES string of the molecule is O=C(NCc1cccnc1)c1ccc(-c2ccsc2)nc1NCCc1cccc(F)c1. The highest BCUT2D eigenvalue weighted by Gasteiger charge is 2.14. The van der Waals surface area contributed by atoms with Gasteiger partial charge in [-0.05, 0) is 59.3 Å². The molecule has 156 valence electrons. The number of hydrogen-bond acceptors (Lipinski definition) is 5. The number of rotatable bonds is 8. The van der Waals surface area contributed by atoms with Gasteiger partial charge in [0.25, 0.3) is 5.91 Å². The van der Waals surface area contributed by atoms with E-state index in [0.717, 1.165) is 22.4 Å². The largest absolute Gasteiger partial charge is 0.369 e. The van der Waals surface area contributed by atoms with Crippen LogP contribution in [-0.4, -0.2) is 22.4 Å². The summed E-state index contributed by atoms with van der Waals surface area (Å²) < 4.78 is 13.4. The molecule has 0 saturated heterocycles. The van der Waals surface area contributed by atoms with Gasteiger partial charge in [0.15, 0.2) is 0 Å².